The minimum atomic E-state index is 0.476. The van der Waals surface area contributed by atoms with E-state index in [1.165, 1.54) is 12.8 Å². The molecular weight excluding hydrogens is 304 g/mol. The molecule has 1 unspecified atom stereocenters. The number of likely N-dealkylation sites (N-methyl/N-ethyl adjacent to an activating group) is 1. The summed E-state index contributed by atoms with van der Waals surface area (Å²) in [6.07, 6.45) is 5.27. The highest BCUT2D eigenvalue weighted by Crippen LogP contribution is 2.26. The maximum Gasteiger partial charge on any atom is 0.191 e. The largest absolute Gasteiger partial charge is 0.467 e. The average molecular weight is 336 g/mol. The zero-order chi connectivity index (χ0) is 17.2. The molecular formula is C18H32N4O2. The Morgan fingerprint density at radius 1 is 1.46 bits per heavy atom. The van der Waals surface area contributed by atoms with E-state index in [1.54, 1.807) is 6.26 Å². The molecule has 0 saturated heterocycles. The number of hydrogen-bond acceptors (Lipinski definition) is 4. The van der Waals surface area contributed by atoms with Crippen LogP contribution in [0.4, 0.5) is 0 Å². The Bertz CT molecular complexity index is 471. The summed E-state index contributed by atoms with van der Waals surface area (Å²) >= 11 is 0. The second-order valence-corrected chi connectivity index (χ2v) is 6.38. The van der Waals surface area contributed by atoms with Crippen LogP contribution in [0.25, 0.3) is 0 Å². The Balaban J connectivity index is 1.59. The van der Waals surface area contributed by atoms with Gasteiger partial charge in [0.1, 0.15) is 12.4 Å². The number of aliphatic imine (C=N–C) groups is 1. The lowest BCUT2D eigenvalue weighted by atomic mass is 10.3. The van der Waals surface area contributed by atoms with E-state index in [1.807, 2.05) is 12.1 Å². The summed E-state index contributed by atoms with van der Waals surface area (Å²) in [4.78, 5) is 7.14. The molecule has 6 nitrogen and oxygen atoms in total. The van der Waals surface area contributed by atoms with Gasteiger partial charge in [-0.05, 0) is 52.3 Å². The highest BCUT2D eigenvalue weighted by molar-refractivity contribution is 5.79. The van der Waals surface area contributed by atoms with Gasteiger partial charge in [0.15, 0.2) is 5.96 Å². The zero-order valence-electron chi connectivity index (χ0n) is 15.3. The van der Waals surface area contributed by atoms with Crippen molar-refractivity contribution in [2.24, 2.45) is 4.99 Å². The van der Waals surface area contributed by atoms with Gasteiger partial charge in [-0.15, -0.1) is 0 Å². The zero-order valence-corrected chi connectivity index (χ0v) is 15.3. The van der Waals surface area contributed by atoms with E-state index in [0.717, 1.165) is 43.8 Å². The molecule has 24 heavy (non-hydrogen) atoms. The van der Waals surface area contributed by atoms with Crippen molar-refractivity contribution >= 4 is 5.96 Å². The summed E-state index contributed by atoms with van der Waals surface area (Å²) in [6, 6.07) is 5.05. The van der Waals surface area contributed by atoms with Gasteiger partial charge >= 0.3 is 0 Å². The third kappa shape index (κ3) is 6.93. The molecule has 0 bridgehead atoms. The number of nitrogens with zero attached hydrogens (tertiary/aromatic N) is 2. The molecule has 2 N–H and O–H groups in total. The lowest BCUT2D eigenvalue weighted by Gasteiger charge is -2.23. The molecule has 136 valence electrons. The first kappa shape index (κ1) is 18.8. The summed E-state index contributed by atoms with van der Waals surface area (Å²) < 4.78 is 10.8. The molecule has 1 aliphatic rings. The molecule has 0 aromatic carbocycles. The van der Waals surface area contributed by atoms with Gasteiger partial charge in [0.25, 0.3) is 0 Å². The summed E-state index contributed by atoms with van der Waals surface area (Å²) in [5.74, 6) is 1.76. The van der Waals surface area contributed by atoms with Crippen LogP contribution in [-0.4, -0.2) is 56.2 Å². The molecule has 1 saturated carbocycles. The van der Waals surface area contributed by atoms with E-state index in [-0.39, 0.29) is 0 Å². The minimum absolute atomic E-state index is 0.476. The number of rotatable bonds is 11. The minimum Gasteiger partial charge on any atom is -0.467 e. The molecule has 1 heterocycles. The van der Waals surface area contributed by atoms with Crippen molar-refractivity contribution in [1.29, 1.82) is 0 Å². The monoisotopic (exact) mass is 336 g/mol. The Hall–Kier alpha value is -1.53. The van der Waals surface area contributed by atoms with Crippen molar-refractivity contribution < 1.29 is 9.15 Å². The predicted octanol–water partition coefficient (Wildman–Crippen LogP) is 2.22. The van der Waals surface area contributed by atoms with E-state index in [2.05, 4.69) is 36.4 Å². The highest BCUT2D eigenvalue weighted by atomic mass is 16.5. The van der Waals surface area contributed by atoms with Crippen LogP contribution in [0, 0.1) is 0 Å². The van der Waals surface area contributed by atoms with Crippen LogP contribution in [0.2, 0.25) is 0 Å². The van der Waals surface area contributed by atoms with Crippen molar-refractivity contribution in [2.45, 2.75) is 51.8 Å². The summed E-state index contributed by atoms with van der Waals surface area (Å²) in [5, 5.41) is 6.67. The molecule has 2 rings (SSSR count). The SMILES string of the molecule is CCNC(=NCC(C)N(C)C1CC1)NCCCOCc1ccco1. The van der Waals surface area contributed by atoms with Crippen LogP contribution in [-0.2, 0) is 11.3 Å². The Morgan fingerprint density at radius 3 is 2.96 bits per heavy atom. The van der Waals surface area contributed by atoms with Crippen molar-refractivity contribution in [3.05, 3.63) is 24.2 Å². The Kier molecular flexibility index (Phi) is 8.12. The fourth-order valence-corrected chi connectivity index (χ4v) is 2.48. The molecule has 1 fully saturated rings. The summed E-state index contributed by atoms with van der Waals surface area (Å²) in [5.41, 5.74) is 0. The van der Waals surface area contributed by atoms with Gasteiger partial charge in [0, 0.05) is 31.8 Å². The maximum atomic E-state index is 5.58. The molecule has 0 aliphatic heterocycles. The first-order chi connectivity index (χ1) is 11.7. The van der Waals surface area contributed by atoms with Gasteiger partial charge < -0.3 is 19.8 Å². The Labute approximate surface area is 145 Å². The molecule has 1 atom stereocenters. The van der Waals surface area contributed by atoms with Crippen molar-refractivity contribution in [1.82, 2.24) is 15.5 Å². The van der Waals surface area contributed by atoms with E-state index in [0.29, 0.717) is 19.3 Å². The number of guanidine groups is 1. The van der Waals surface area contributed by atoms with Crippen LogP contribution in [0.15, 0.2) is 27.8 Å². The molecule has 1 aromatic heterocycles. The van der Waals surface area contributed by atoms with Gasteiger partial charge in [-0.2, -0.15) is 0 Å². The third-order valence-electron chi connectivity index (χ3n) is 4.26. The molecule has 0 radical (unpaired) electrons. The Morgan fingerprint density at radius 2 is 2.29 bits per heavy atom. The maximum absolute atomic E-state index is 5.58. The molecule has 0 amide bonds. The highest BCUT2D eigenvalue weighted by Gasteiger charge is 2.28. The van der Waals surface area contributed by atoms with Gasteiger partial charge in [-0.25, -0.2) is 0 Å². The smallest absolute Gasteiger partial charge is 0.191 e. The van der Waals surface area contributed by atoms with Gasteiger partial charge in [-0.1, -0.05) is 0 Å². The number of furan rings is 1. The second-order valence-electron chi connectivity index (χ2n) is 6.38. The standard InChI is InChI=1S/C18H32N4O2/c1-4-19-18(21-13-15(2)22(3)16-8-9-16)20-10-6-11-23-14-17-7-5-12-24-17/h5,7,12,15-16H,4,6,8-11,13-14H2,1-3H3,(H2,19,20,21). The lowest BCUT2D eigenvalue weighted by Crippen LogP contribution is -2.40. The number of ether oxygens (including phenoxy) is 1. The van der Waals surface area contributed by atoms with Crippen molar-refractivity contribution in [3.63, 3.8) is 0 Å². The van der Waals surface area contributed by atoms with E-state index < -0.39 is 0 Å². The fourth-order valence-electron chi connectivity index (χ4n) is 2.48. The quantitative estimate of drug-likeness (QED) is 0.369. The van der Waals surface area contributed by atoms with E-state index in [9.17, 15) is 0 Å². The second kappa shape index (κ2) is 10.4. The fraction of sp³-hybridized carbons (Fsp3) is 0.722. The van der Waals surface area contributed by atoms with Crippen LogP contribution in [0.1, 0.15) is 38.9 Å². The number of hydrogen-bond donors (Lipinski definition) is 2. The van der Waals surface area contributed by atoms with Crippen LogP contribution in [0.3, 0.4) is 0 Å². The molecule has 6 heteroatoms. The van der Waals surface area contributed by atoms with Crippen LogP contribution in [0.5, 0.6) is 0 Å². The van der Waals surface area contributed by atoms with Gasteiger partial charge in [-0.3, -0.25) is 9.89 Å². The predicted molar refractivity (Wildman–Crippen MR) is 97.2 cm³/mol. The van der Waals surface area contributed by atoms with Crippen molar-refractivity contribution in [3.8, 4) is 0 Å². The third-order valence-corrected chi connectivity index (χ3v) is 4.26. The van der Waals surface area contributed by atoms with Crippen LogP contribution >= 0.6 is 0 Å². The normalized spacial score (nSPS) is 16.4. The molecule has 1 aromatic rings. The molecule has 0 spiro atoms. The van der Waals surface area contributed by atoms with Crippen LogP contribution < -0.4 is 10.6 Å². The lowest BCUT2D eigenvalue weighted by molar-refractivity contribution is 0.105. The first-order valence-corrected chi connectivity index (χ1v) is 9.05. The van der Waals surface area contributed by atoms with E-state index in [4.69, 9.17) is 14.1 Å². The first-order valence-electron chi connectivity index (χ1n) is 9.05. The van der Waals surface area contributed by atoms with Crippen molar-refractivity contribution in [2.75, 3.05) is 33.3 Å². The summed E-state index contributed by atoms with van der Waals surface area (Å²) in [6.45, 7) is 8.10. The molecule has 1 aliphatic carbocycles. The van der Waals surface area contributed by atoms with Gasteiger partial charge in [0.2, 0.25) is 0 Å². The summed E-state index contributed by atoms with van der Waals surface area (Å²) in [7, 11) is 2.20. The van der Waals surface area contributed by atoms with E-state index >= 15 is 0 Å². The number of nitrogens with one attached hydrogen (secondary N) is 2. The van der Waals surface area contributed by atoms with Gasteiger partial charge in [0.05, 0.1) is 12.8 Å². The average Bonchev–Trinajstić information content (AvgIpc) is 3.31. The topological polar surface area (TPSA) is 62.0 Å².